The molecule has 1 aromatic rings. The van der Waals surface area contributed by atoms with Crippen molar-refractivity contribution in [2.45, 2.75) is 56.9 Å². The van der Waals surface area contributed by atoms with Gasteiger partial charge in [-0.1, -0.05) is 19.8 Å². The van der Waals surface area contributed by atoms with Crippen molar-refractivity contribution >= 4 is 15.8 Å². The van der Waals surface area contributed by atoms with E-state index in [1.165, 1.54) is 0 Å². The maximum Gasteiger partial charge on any atom is 0.246 e. The molecule has 2 heterocycles. The van der Waals surface area contributed by atoms with E-state index in [-0.39, 0.29) is 6.04 Å². The van der Waals surface area contributed by atoms with Gasteiger partial charge in [-0.25, -0.2) is 13.4 Å². The first-order valence-corrected chi connectivity index (χ1v) is 9.26. The Hall–Kier alpha value is -1.14. The molecule has 0 aliphatic carbocycles. The normalized spacial score (nSPS) is 20.4. The van der Waals surface area contributed by atoms with Crippen LogP contribution in [0.1, 0.15) is 46.0 Å². The summed E-state index contributed by atoms with van der Waals surface area (Å²) in [6.07, 6.45) is 6.57. The summed E-state index contributed by atoms with van der Waals surface area (Å²) >= 11 is 0. The highest BCUT2D eigenvalue weighted by Gasteiger charge is 2.34. The summed E-state index contributed by atoms with van der Waals surface area (Å²) in [6.45, 7) is 5.31. The fourth-order valence-electron chi connectivity index (χ4n) is 2.94. The van der Waals surface area contributed by atoms with Crippen LogP contribution in [0.3, 0.4) is 0 Å². The second-order valence-corrected chi connectivity index (χ2v) is 7.29. The summed E-state index contributed by atoms with van der Waals surface area (Å²) in [7, 11) is -3.48. The van der Waals surface area contributed by atoms with Gasteiger partial charge < -0.3 is 5.32 Å². The minimum absolute atomic E-state index is 0.128. The first-order chi connectivity index (χ1) is 10.1. The van der Waals surface area contributed by atoms with Gasteiger partial charge >= 0.3 is 0 Å². The van der Waals surface area contributed by atoms with Crippen molar-refractivity contribution in [1.82, 2.24) is 9.29 Å². The van der Waals surface area contributed by atoms with Gasteiger partial charge in [0.05, 0.1) is 0 Å². The Balaban J connectivity index is 2.36. The number of pyridine rings is 1. The average Bonchev–Trinajstić information content (AvgIpc) is 2.49. The number of sulfonamides is 1. The standard InChI is InChI=1S/C15H25N3O2S/c1-3-8-13-9-5-6-12-18(13)21(19,20)14-10-7-11-17-15(14)16-4-2/h7,10-11,13H,3-6,8-9,12H2,1-2H3,(H,16,17). The molecule has 1 fully saturated rings. The quantitative estimate of drug-likeness (QED) is 0.877. The van der Waals surface area contributed by atoms with Crippen LogP contribution in [-0.2, 0) is 10.0 Å². The lowest BCUT2D eigenvalue weighted by atomic mass is 10.0. The first kappa shape index (κ1) is 16.2. The van der Waals surface area contributed by atoms with Crippen molar-refractivity contribution < 1.29 is 8.42 Å². The molecule has 0 saturated carbocycles. The van der Waals surface area contributed by atoms with Crippen LogP contribution >= 0.6 is 0 Å². The summed E-state index contributed by atoms with van der Waals surface area (Å²) < 4.78 is 27.7. The Kier molecular flexibility index (Phi) is 5.58. The van der Waals surface area contributed by atoms with Crippen molar-refractivity contribution in [1.29, 1.82) is 0 Å². The highest BCUT2D eigenvalue weighted by Crippen LogP contribution is 2.30. The van der Waals surface area contributed by atoms with Crippen molar-refractivity contribution in [2.24, 2.45) is 0 Å². The molecule has 1 aliphatic rings. The molecule has 2 rings (SSSR count). The molecule has 5 nitrogen and oxygen atoms in total. The highest BCUT2D eigenvalue weighted by atomic mass is 32.2. The van der Waals surface area contributed by atoms with Gasteiger partial charge in [-0.15, -0.1) is 0 Å². The molecule has 1 unspecified atom stereocenters. The summed E-state index contributed by atoms with van der Waals surface area (Å²) in [5.41, 5.74) is 0. The van der Waals surface area contributed by atoms with Gasteiger partial charge in [-0.3, -0.25) is 0 Å². The van der Waals surface area contributed by atoms with E-state index < -0.39 is 10.0 Å². The van der Waals surface area contributed by atoms with Gasteiger partial charge in [-0.05, 0) is 38.3 Å². The lowest BCUT2D eigenvalue weighted by Crippen LogP contribution is -2.43. The van der Waals surface area contributed by atoms with Crippen LogP contribution in [0.25, 0.3) is 0 Å². The Morgan fingerprint density at radius 3 is 2.90 bits per heavy atom. The third-order valence-corrected chi connectivity index (χ3v) is 5.88. The highest BCUT2D eigenvalue weighted by molar-refractivity contribution is 7.89. The fraction of sp³-hybridized carbons (Fsp3) is 0.667. The zero-order chi connectivity index (χ0) is 15.3. The smallest absolute Gasteiger partial charge is 0.246 e. The number of rotatable bonds is 6. The minimum Gasteiger partial charge on any atom is -0.369 e. The molecule has 1 aromatic heterocycles. The number of nitrogens with one attached hydrogen (secondary N) is 1. The Morgan fingerprint density at radius 2 is 2.19 bits per heavy atom. The summed E-state index contributed by atoms with van der Waals surface area (Å²) in [5.74, 6) is 0.459. The van der Waals surface area contributed by atoms with Gasteiger partial charge in [-0.2, -0.15) is 4.31 Å². The number of nitrogens with zero attached hydrogens (tertiary/aromatic N) is 2. The van der Waals surface area contributed by atoms with Gasteiger partial charge in [0, 0.05) is 25.3 Å². The topological polar surface area (TPSA) is 62.3 Å². The number of piperidine rings is 1. The average molecular weight is 311 g/mol. The number of hydrogen-bond donors (Lipinski definition) is 1. The number of anilines is 1. The lowest BCUT2D eigenvalue weighted by Gasteiger charge is -2.34. The van der Waals surface area contributed by atoms with Crippen molar-refractivity contribution in [3.63, 3.8) is 0 Å². The number of hydrogen-bond acceptors (Lipinski definition) is 4. The Bertz CT molecular complexity index is 558. The van der Waals surface area contributed by atoms with Gasteiger partial charge in [0.2, 0.25) is 10.0 Å². The molecule has 6 heteroatoms. The Morgan fingerprint density at radius 1 is 1.38 bits per heavy atom. The van der Waals surface area contributed by atoms with Gasteiger partial charge in [0.25, 0.3) is 0 Å². The van der Waals surface area contributed by atoms with Crippen LogP contribution in [0.2, 0.25) is 0 Å². The van der Waals surface area contributed by atoms with E-state index in [1.54, 1.807) is 22.6 Å². The second kappa shape index (κ2) is 7.22. The molecule has 1 N–H and O–H groups in total. The van der Waals surface area contributed by atoms with Crippen LogP contribution in [-0.4, -0.2) is 36.8 Å². The van der Waals surface area contributed by atoms with E-state index in [0.29, 0.717) is 23.8 Å². The van der Waals surface area contributed by atoms with Crippen LogP contribution < -0.4 is 5.32 Å². The largest absolute Gasteiger partial charge is 0.369 e. The summed E-state index contributed by atoms with van der Waals surface area (Å²) in [5, 5.41) is 3.05. The zero-order valence-corrected chi connectivity index (χ0v) is 13.7. The first-order valence-electron chi connectivity index (χ1n) is 7.82. The second-order valence-electron chi connectivity index (χ2n) is 5.43. The molecular weight excluding hydrogens is 286 g/mol. The fourth-order valence-corrected chi connectivity index (χ4v) is 4.78. The van der Waals surface area contributed by atoms with E-state index in [0.717, 1.165) is 32.1 Å². The summed E-state index contributed by atoms with van der Waals surface area (Å²) in [6, 6.07) is 3.47. The molecule has 1 aliphatic heterocycles. The Labute approximate surface area is 127 Å². The van der Waals surface area contributed by atoms with Crippen LogP contribution in [0.15, 0.2) is 23.2 Å². The van der Waals surface area contributed by atoms with Gasteiger partial charge in [0.1, 0.15) is 10.7 Å². The van der Waals surface area contributed by atoms with Gasteiger partial charge in [0.15, 0.2) is 0 Å². The van der Waals surface area contributed by atoms with E-state index >= 15 is 0 Å². The van der Waals surface area contributed by atoms with Crippen molar-refractivity contribution in [2.75, 3.05) is 18.4 Å². The summed E-state index contributed by atoms with van der Waals surface area (Å²) in [4.78, 5) is 4.48. The lowest BCUT2D eigenvalue weighted by molar-refractivity contribution is 0.239. The SMILES string of the molecule is CCCC1CCCCN1S(=O)(=O)c1cccnc1NCC. The third kappa shape index (κ3) is 3.55. The minimum atomic E-state index is -3.48. The van der Waals surface area contributed by atoms with E-state index in [4.69, 9.17) is 0 Å². The predicted octanol–water partition coefficient (Wildman–Crippen LogP) is 2.86. The monoisotopic (exact) mass is 311 g/mol. The molecule has 1 saturated heterocycles. The molecular formula is C15H25N3O2S. The van der Waals surface area contributed by atoms with E-state index in [9.17, 15) is 8.42 Å². The maximum atomic E-state index is 13.0. The predicted molar refractivity (Wildman–Crippen MR) is 84.8 cm³/mol. The molecule has 21 heavy (non-hydrogen) atoms. The van der Waals surface area contributed by atoms with Crippen LogP contribution in [0.5, 0.6) is 0 Å². The molecule has 0 spiro atoms. The molecule has 118 valence electrons. The molecule has 0 radical (unpaired) electrons. The molecule has 0 amide bonds. The van der Waals surface area contributed by atoms with Crippen LogP contribution in [0.4, 0.5) is 5.82 Å². The zero-order valence-electron chi connectivity index (χ0n) is 12.9. The molecule has 1 atom stereocenters. The van der Waals surface area contributed by atoms with Crippen molar-refractivity contribution in [3.05, 3.63) is 18.3 Å². The molecule has 0 bridgehead atoms. The third-order valence-electron chi connectivity index (χ3n) is 3.90. The molecule has 0 aromatic carbocycles. The number of aromatic nitrogens is 1. The van der Waals surface area contributed by atoms with Crippen molar-refractivity contribution in [3.8, 4) is 0 Å². The van der Waals surface area contributed by atoms with E-state index in [1.807, 2.05) is 6.92 Å². The maximum absolute atomic E-state index is 13.0. The van der Waals surface area contributed by atoms with Crippen LogP contribution in [0, 0.1) is 0 Å². The van der Waals surface area contributed by atoms with E-state index in [2.05, 4.69) is 17.2 Å².